The Kier molecular flexibility index (Phi) is 63.9. The summed E-state index contributed by atoms with van der Waals surface area (Å²) in [5.41, 5.74) is 0. The predicted octanol–water partition coefficient (Wildman–Crippen LogP) is 22.0. The summed E-state index contributed by atoms with van der Waals surface area (Å²) in [5, 5.41) is 23.4. The molecule has 0 heterocycles. The van der Waals surface area contributed by atoms with E-state index in [0.717, 1.165) is 44.9 Å². The third-order valence-electron chi connectivity index (χ3n) is 16.3. The van der Waals surface area contributed by atoms with Gasteiger partial charge in [-0.05, 0) is 51.4 Å². The lowest BCUT2D eigenvalue weighted by Gasteiger charge is -2.22. The molecule has 0 saturated carbocycles. The number of allylic oxidation sites excluding steroid dienone is 2. The molecule has 0 aromatic carbocycles. The third kappa shape index (κ3) is 61.7. The molecule has 0 fully saturated rings. The van der Waals surface area contributed by atoms with Gasteiger partial charge in [-0.25, -0.2) is 0 Å². The smallest absolute Gasteiger partial charge is 0.305 e. The molecule has 3 N–H and O–H groups in total. The Morgan fingerprint density at radius 2 is 0.627 bits per heavy atom. The molecule has 0 rings (SSSR count). The minimum absolute atomic E-state index is 0.00861. The van der Waals surface area contributed by atoms with Crippen LogP contribution in [0.4, 0.5) is 0 Å². The molecule has 0 radical (unpaired) electrons. The quantitative estimate of drug-likeness (QED) is 0.0320. The molecule has 75 heavy (non-hydrogen) atoms. The number of esters is 1. The number of carbonyl (C=O) groups is 2. The zero-order valence-corrected chi connectivity index (χ0v) is 51.1. The van der Waals surface area contributed by atoms with E-state index in [1.54, 1.807) is 0 Å². The van der Waals surface area contributed by atoms with Crippen LogP contribution in [0.2, 0.25) is 0 Å². The van der Waals surface area contributed by atoms with Crippen molar-refractivity contribution < 1.29 is 24.5 Å². The molecule has 6 nitrogen and oxygen atoms in total. The summed E-state index contributed by atoms with van der Waals surface area (Å²) in [7, 11) is 0. The van der Waals surface area contributed by atoms with Crippen molar-refractivity contribution in [3.8, 4) is 0 Å². The van der Waals surface area contributed by atoms with Crippen LogP contribution in [0.3, 0.4) is 0 Å². The van der Waals surface area contributed by atoms with Crippen LogP contribution in [0.5, 0.6) is 0 Å². The minimum atomic E-state index is -0.666. The molecule has 1 amide bonds. The molecule has 0 aromatic heterocycles. The van der Waals surface area contributed by atoms with E-state index in [1.807, 2.05) is 0 Å². The van der Waals surface area contributed by atoms with E-state index in [0.29, 0.717) is 25.9 Å². The number of rotatable bonds is 65. The largest absolute Gasteiger partial charge is 0.466 e. The number of aliphatic hydroxyl groups is 2. The summed E-state index contributed by atoms with van der Waals surface area (Å²) in [4.78, 5) is 24.6. The van der Waals surface area contributed by atoms with Crippen molar-refractivity contribution in [1.29, 1.82) is 0 Å². The Hall–Kier alpha value is -1.40. The standard InChI is InChI=1S/C69H135NO5/c1-3-5-7-9-11-13-15-17-19-21-22-23-26-30-33-37-41-45-49-53-57-61-67(72)66(65-71)70-68(73)62-58-54-50-46-42-38-34-31-27-24-25-28-32-36-40-44-48-52-56-60-64-75-69(74)63-59-55-51-47-43-39-35-29-20-18-16-14-12-10-8-6-4-2/h18,20,66-67,71-72H,3-17,19,21-65H2,1-2H3,(H,70,73)/b20-18-. The Morgan fingerprint density at radius 3 is 0.947 bits per heavy atom. The number of hydrogen-bond donors (Lipinski definition) is 3. The molecule has 0 aliphatic rings. The highest BCUT2D eigenvalue weighted by Crippen LogP contribution is 2.19. The van der Waals surface area contributed by atoms with Crippen LogP contribution in [0.25, 0.3) is 0 Å². The second-order valence-electron chi connectivity index (χ2n) is 23.9. The number of ether oxygens (including phenoxy) is 1. The van der Waals surface area contributed by atoms with Crippen molar-refractivity contribution in [2.24, 2.45) is 0 Å². The van der Waals surface area contributed by atoms with E-state index in [2.05, 4.69) is 31.3 Å². The van der Waals surface area contributed by atoms with Crippen molar-refractivity contribution in [3.63, 3.8) is 0 Å². The zero-order chi connectivity index (χ0) is 54.3. The normalized spacial score (nSPS) is 12.5. The van der Waals surface area contributed by atoms with Gasteiger partial charge >= 0.3 is 5.97 Å². The first-order valence-corrected chi connectivity index (χ1v) is 34.4. The van der Waals surface area contributed by atoms with Crippen molar-refractivity contribution in [2.75, 3.05) is 13.2 Å². The van der Waals surface area contributed by atoms with Crippen LogP contribution >= 0.6 is 0 Å². The van der Waals surface area contributed by atoms with Gasteiger partial charge in [0.2, 0.25) is 5.91 Å². The van der Waals surface area contributed by atoms with Crippen molar-refractivity contribution in [1.82, 2.24) is 5.32 Å². The fraction of sp³-hybridized carbons (Fsp3) is 0.942. The van der Waals surface area contributed by atoms with E-state index >= 15 is 0 Å². The summed E-state index contributed by atoms with van der Waals surface area (Å²) >= 11 is 0. The first kappa shape index (κ1) is 73.6. The maximum Gasteiger partial charge on any atom is 0.305 e. The van der Waals surface area contributed by atoms with E-state index in [-0.39, 0.29) is 18.5 Å². The van der Waals surface area contributed by atoms with Gasteiger partial charge in [-0.15, -0.1) is 0 Å². The van der Waals surface area contributed by atoms with Crippen molar-refractivity contribution in [3.05, 3.63) is 12.2 Å². The maximum atomic E-state index is 12.5. The monoisotopic (exact) mass is 1060 g/mol. The van der Waals surface area contributed by atoms with Gasteiger partial charge in [0.1, 0.15) is 0 Å². The lowest BCUT2D eigenvalue weighted by atomic mass is 10.0. The van der Waals surface area contributed by atoms with Gasteiger partial charge in [0.05, 0.1) is 25.4 Å². The van der Waals surface area contributed by atoms with Crippen LogP contribution in [-0.2, 0) is 14.3 Å². The number of nitrogens with one attached hydrogen (secondary N) is 1. The summed E-state index contributed by atoms with van der Waals surface area (Å²) in [5.74, 6) is -0.0236. The second-order valence-corrected chi connectivity index (χ2v) is 23.9. The second kappa shape index (κ2) is 65.1. The fourth-order valence-corrected chi connectivity index (χ4v) is 11.1. The van der Waals surface area contributed by atoms with Gasteiger partial charge in [0.25, 0.3) is 0 Å². The molecule has 0 saturated heterocycles. The highest BCUT2D eigenvalue weighted by Gasteiger charge is 2.20. The first-order chi connectivity index (χ1) is 37.0. The Morgan fingerprint density at radius 1 is 0.360 bits per heavy atom. The van der Waals surface area contributed by atoms with Crippen LogP contribution in [0.15, 0.2) is 12.2 Å². The summed E-state index contributed by atoms with van der Waals surface area (Å²) in [6.45, 7) is 4.98. The number of aliphatic hydroxyl groups excluding tert-OH is 2. The Balaban J connectivity index is 3.38. The van der Waals surface area contributed by atoms with Gasteiger partial charge in [-0.3, -0.25) is 9.59 Å². The molecule has 446 valence electrons. The fourth-order valence-electron chi connectivity index (χ4n) is 11.1. The highest BCUT2D eigenvalue weighted by atomic mass is 16.5. The van der Waals surface area contributed by atoms with Crippen molar-refractivity contribution >= 4 is 11.9 Å². The average molecular weight is 1060 g/mol. The molecule has 0 aliphatic carbocycles. The first-order valence-electron chi connectivity index (χ1n) is 34.4. The summed E-state index contributed by atoms with van der Waals surface area (Å²) < 4.78 is 5.50. The molecule has 0 bridgehead atoms. The lowest BCUT2D eigenvalue weighted by Crippen LogP contribution is -2.45. The van der Waals surface area contributed by atoms with E-state index in [1.165, 1.54) is 315 Å². The van der Waals surface area contributed by atoms with Crippen LogP contribution in [0.1, 0.15) is 393 Å². The van der Waals surface area contributed by atoms with E-state index in [9.17, 15) is 19.8 Å². The Labute approximate surface area is 469 Å². The molecule has 0 aliphatic heterocycles. The lowest BCUT2D eigenvalue weighted by molar-refractivity contribution is -0.143. The van der Waals surface area contributed by atoms with E-state index in [4.69, 9.17) is 4.74 Å². The number of amides is 1. The van der Waals surface area contributed by atoms with Crippen LogP contribution in [-0.4, -0.2) is 47.4 Å². The number of carbonyl (C=O) groups excluding carboxylic acids is 2. The van der Waals surface area contributed by atoms with Gasteiger partial charge in [0.15, 0.2) is 0 Å². The molecular formula is C69H135NO5. The summed E-state index contributed by atoms with van der Waals surface area (Å²) in [6.07, 6.45) is 79.5. The van der Waals surface area contributed by atoms with Gasteiger partial charge in [-0.2, -0.15) is 0 Å². The zero-order valence-electron chi connectivity index (χ0n) is 51.1. The maximum absolute atomic E-state index is 12.5. The van der Waals surface area contributed by atoms with Crippen LogP contribution < -0.4 is 5.32 Å². The van der Waals surface area contributed by atoms with Crippen molar-refractivity contribution in [2.45, 2.75) is 405 Å². The average Bonchev–Trinajstić information content (AvgIpc) is 3.41. The van der Waals surface area contributed by atoms with E-state index < -0.39 is 12.1 Å². The number of hydrogen-bond acceptors (Lipinski definition) is 5. The number of unbranched alkanes of at least 4 members (excludes halogenated alkanes) is 52. The van der Waals surface area contributed by atoms with Gasteiger partial charge < -0.3 is 20.3 Å². The molecule has 0 spiro atoms. The molecule has 0 aromatic rings. The van der Waals surface area contributed by atoms with Gasteiger partial charge in [-0.1, -0.05) is 341 Å². The summed E-state index contributed by atoms with van der Waals surface area (Å²) in [6, 6.07) is -0.543. The minimum Gasteiger partial charge on any atom is -0.466 e. The topological polar surface area (TPSA) is 95.9 Å². The van der Waals surface area contributed by atoms with Gasteiger partial charge in [0, 0.05) is 12.8 Å². The molecule has 2 unspecified atom stereocenters. The highest BCUT2D eigenvalue weighted by molar-refractivity contribution is 5.76. The Bertz CT molecular complexity index is 1130. The molecular weight excluding hydrogens is 923 g/mol. The third-order valence-corrected chi connectivity index (χ3v) is 16.3. The molecule has 2 atom stereocenters. The van der Waals surface area contributed by atoms with Crippen LogP contribution in [0, 0.1) is 0 Å². The SMILES string of the molecule is CCCCCCCC/C=C\CCCCCCCCCC(=O)OCCCCCCCCCCCCCCCCCCCCCCC(=O)NC(CO)C(O)CCCCCCCCCCCCCCCCCCCCCCC. The predicted molar refractivity (Wildman–Crippen MR) is 329 cm³/mol. The molecule has 6 heteroatoms.